The number of rotatable bonds is 14. The van der Waals surface area contributed by atoms with Crippen LogP contribution in [0.25, 0.3) is 0 Å². The number of nitrogens with zero attached hydrogens (tertiary/aromatic N) is 7. The van der Waals surface area contributed by atoms with Gasteiger partial charge in [0.25, 0.3) is 0 Å². The zero-order valence-electron chi connectivity index (χ0n) is 44.3. The smallest absolute Gasteiger partial charge is 0.0992 e. The van der Waals surface area contributed by atoms with Crippen molar-refractivity contribution >= 4 is 125 Å². The normalized spacial score (nSPS) is 16.2. The number of halogens is 7. The Labute approximate surface area is 507 Å². The summed E-state index contributed by atoms with van der Waals surface area (Å²) in [5.74, 6) is 0. The fourth-order valence-electron chi connectivity index (χ4n) is 9.67. The fourth-order valence-corrected chi connectivity index (χ4v) is 18.2. The van der Waals surface area contributed by atoms with E-state index in [2.05, 4.69) is 207 Å². The quantitative estimate of drug-likeness (QED) is 0.0852. The second-order valence-electron chi connectivity index (χ2n) is 18.6. The Morgan fingerprint density at radius 1 is 0.526 bits per heavy atom. The Morgan fingerprint density at radius 3 is 1.18 bits per heavy atom. The topological polar surface area (TPSA) is 84.0 Å². The van der Waals surface area contributed by atoms with Crippen molar-refractivity contribution in [2.75, 3.05) is 93.7 Å². The zero-order valence-corrected chi connectivity index (χ0v) is 52.9. The number of aliphatic hydroxyl groups excluding tert-OH is 1. The number of anilines is 2. The van der Waals surface area contributed by atoms with Crippen LogP contribution in [0.15, 0.2) is 176 Å². The maximum atomic E-state index is 9.27. The maximum Gasteiger partial charge on any atom is 0.0992 e. The van der Waals surface area contributed by atoms with Crippen molar-refractivity contribution in [2.24, 2.45) is 0 Å². The van der Waals surface area contributed by atoms with Gasteiger partial charge in [-0.3, -0.25) is 9.80 Å². The van der Waals surface area contributed by atoms with Crippen molar-refractivity contribution in [2.45, 2.75) is 32.9 Å². The van der Waals surface area contributed by atoms with Gasteiger partial charge in [-0.25, -0.2) is 0 Å². The molecular weight excluding hydrogens is 1270 g/mol. The molecule has 0 saturated carbocycles. The molecule has 0 unspecified atom stereocenters. The summed E-state index contributed by atoms with van der Waals surface area (Å²) in [6, 6.07) is 63.1. The summed E-state index contributed by atoms with van der Waals surface area (Å²) in [6.45, 7) is 17.1. The van der Waals surface area contributed by atoms with E-state index in [0.29, 0.717) is 32.7 Å². The number of β-amino-alcohol motifs (C(OH)–C–C–N with tert-alkyl or cyclic N) is 1. The summed E-state index contributed by atoms with van der Waals surface area (Å²) in [4.78, 5) is 11.7. The minimum atomic E-state index is -2.75. The van der Waals surface area contributed by atoms with E-state index in [0.717, 1.165) is 73.1 Å². The first kappa shape index (κ1) is 63.2. The van der Waals surface area contributed by atoms with E-state index in [1.165, 1.54) is 41.1 Å². The van der Waals surface area contributed by atoms with Gasteiger partial charge in [-0.15, -0.1) is 0 Å². The van der Waals surface area contributed by atoms with Crippen LogP contribution in [0, 0.1) is 22.7 Å². The third-order valence-electron chi connectivity index (χ3n) is 14.0. The molecular formula is C62H67Br3Cl4N7OP. The van der Waals surface area contributed by atoms with E-state index in [1.54, 1.807) is 18.2 Å². The Bertz CT molecular complexity index is 2780. The largest absolute Gasteiger partial charge is 0.395 e. The van der Waals surface area contributed by atoms with Gasteiger partial charge in [-0.05, 0) is 91.4 Å². The van der Waals surface area contributed by atoms with Crippen LogP contribution in [-0.2, 0) is 0 Å². The molecule has 16 heteroatoms. The predicted octanol–water partition coefficient (Wildman–Crippen LogP) is 15.3. The monoisotopic (exact) mass is 1330 g/mol. The first-order valence-electron chi connectivity index (χ1n) is 26.1. The molecule has 0 aliphatic carbocycles. The molecule has 2 heterocycles. The van der Waals surface area contributed by atoms with Crippen LogP contribution in [0.5, 0.6) is 0 Å². The van der Waals surface area contributed by atoms with Crippen LogP contribution in [0.4, 0.5) is 11.4 Å². The van der Waals surface area contributed by atoms with Crippen LogP contribution < -0.4 is 25.7 Å². The van der Waals surface area contributed by atoms with Crippen molar-refractivity contribution in [3.8, 4) is 12.1 Å². The van der Waals surface area contributed by atoms with Gasteiger partial charge in [0, 0.05) is 67.7 Å². The molecule has 410 valence electrons. The van der Waals surface area contributed by atoms with Gasteiger partial charge in [-0.1, -0.05) is 107 Å². The summed E-state index contributed by atoms with van der Waals surface area (Å²) in [5, 5.41) is 34.8. The van der Waals surface area contributed by atoms with E-state index in [4.69, 9.17) is 56.9 Å². The molecule has 2 fully saturated rings. The molecule has 0 radical (unpaired) electrons. The number of hydrogen-bond acceptors (Lipinski definition) is 8. The predicted molar refractivity (Wildman–Crippen MR) is 346 cm³/mol. The third kappa shape index (κ3) is 16.6. The number of hydrogen-bond donors (Lipinski definition) is 1. The first-order chi connectivity index (χ1) is 37.7. The molecule has 2 atom stereocenters. The van der Waals surface area contributed by atoms with E-state index in [9.17, 15) is 5.11 Å². The van der Waals surface area contributed by atoms with Crippen molar-refractivity contribution in [3.05, 3.63) is 218 Å². The first-order valence-corrected chi connectivity index (χ1v) is 35.0. The Balaban J connectivity index is 0.000000179. The fraction of sp³-hybridized carbons (Fsp3) is 0.290. The van der Waals surface area contributed by atoms with Crippen molar-refractivity contribution < 1.29 is 5.11 Å². The van der Waals surface area contributed by atoms with Crippen LogP contribution in [0.1, 0.15) is 55.1 Å². The second kappa shape index (κ2) is 31.3. The summed E-state index contributed by atoms with van der Waals surface area (Å²) in [7, 11) is 0. The van der Waals surface area contributed by atoms with Gasteiger partial charge in [0.05, 0.1) is 63.4 Å². The Kier molecular flexibility index (Phi) is 25.3. The molecule has 1 N–H and O–H groups in total. The average molecular weight is 1340 g/mol. The molecule has 0 bridgehead atoms. The van der Waals surface area contributed by atoms with Crippen LogP contribution in [0.2, 0.25) is 20.1 Å². The molecule has 2 saturated heterocycles. The van der Waals surface area contributed by atoms with E-state index in [-0.39, 0.29) is 18.7 Å². The molecule has 0 aromatic heterocycles. The average Bonchev–Trinajstić information content (AvgIpc) is 3.66. The molecule has 8 nitrogen and oxygen atoms in total. The molecule has 9 rings (SSSR count). The molecule has 2 aliphatic rings. The maximum absolute atomic E-state index is 9.27. The van der Waals surface area contributed by atoms with Crippen molar-refractivity contribution in [1.82, 2.24) is 14.7 Å². The zero-order chi connectivity index (χ0) is 56.1. The minimum absolute atomic E-state index is 0.100. The molecule has 2 aliphatic heterocycles. The number of alkyl halides is 1. The summed E-state index contributed by atoms with van der Waals surface area (Å²) in [5.41, 5.74) is 5.38. The van der Waals surface area contributed by atoms with Crippen molar-refractivity contribution in [3.63, 3.8) is 0 Å². The summed E-state index contributed by atoms with van der Waals surface area (Å²) in [6.07, 6.45) is 0. The Hall–Kier alpha value is -4.01. The molecule has 0 spiro atoms. The van der Waals surface area contributed by atoms with Crippen LogP contribution >= 0.6 is 97.3 Å². The number of benzene rings is 7. The van der Waals surface area contributed by atoms with Crippen molar-refractivity contribution in [1.29, 1.82) is 10.5 Å². The third-order valence-corrected chi connectivity index (χ3v) is 26.4. The van der Waals surface area contributed by atoms with Gasteiger partial charge >= 0.3 is 142 Å². The standard InChI is InChI=1S/C19H18BrCl2N3.C19H19Cl2N3O.C18H15Br2P.C6H15N/c20-7-8-24-9-10-25(18-6-1-14(12-23)11-17(18)22)19(13-24)15-2-4-16(21)5-3-15;20-16-4-2-15(3-5-16)19-13-23(9-10-25)7-8-24(19)18-6-1-14(12-22)11-17(18)21;19-21(20,16-10-4-1-5-11-16,17-12-6-2-7-13-17)18-14-8-3-9-15-18;1-4-7(5-2)6-3/h1-6,11,19H,7-10,13H2;1-6,11,19,25H,7-10,13H2;1-15H;4-6H2,1-3H3/t2*19-;;/m00../s1. The van der Waals surface area contributed by atoms with Gasteiger partial charge in [0.2, 0.25) is 0 Å². The SMILES string of the molecule is BrP(Br)(c1ccccc1)(c1ccccc1)c1ccccc1.CCN(CC)CC.N#Cc1ccc(N2CCN(CCBr)C[C@H]2c2ccc(Cl)cc2)c(Cl)c1.N#Cc1ccc(N2CCN(CCO)C[C@H]2c2ccc(Cl)cc2)c(Cl)c1. The van der Waals surface area contributed by atoms with Crippen LogP contribution in [-0.4, -0.2) is 104 Å². The van der Waals surface area contributed by atoms with E-state index < -0.39 is 4.01 Å². The summed E-state index contributed by atoms with van der Waals surface area (Å²) < 4.78 is -2.75. The number of nitriles is 2. The van der Waals surface area contributed by atoms with Gasteiger partial charge < -0.3 is 19.8 Å². The molecule has 78 heavy (non-hydrogen) atoms. The van der Waals surface area contributed by atoms with Gasteiger partial charge in [0.15, 0.2) is 0 Å². The second-order valence-corrected chi connectivity index (χ2v) is 35.8. The summed E-state index contributed by atoms with van der Waals surface area (Å²) >= 11 is 36.9. The number of piperazine rings is 2. The van der Waals surface area contributed by atoms with E-state index in [1.807, 2.05) is 54.6 Å². The van der Waals surface area contributed by atoms with Gasteiger partial charge in [-0.2, -0.15) is 10.5 Å². The number of aliphatic hydroxyl groups is 1. The van der Waals surface area contributed by atoms with E-state index >= 15 is 0 Å². The molecule has 0 amide bonds. The van der Waals surface area contributed by atoms with Crippen LogP contribution in [0.3, 0.4) is 0 Å². The van der Waals surface area contributed by atoms with Gasteiger partial charge in [0.1, 0.15) is 0 Å². The molecule has 7 aromatic carbocycles. The molecule has 7 aromatic rings. The Morgan fingerprint density at radius 2 is 0.885 bits per heavy atom. The minimum Gasteiger partial charge on any atom is -0.395 e.